The van der Waals surface area contributed by atoms with Crippen LogP contribution in [0.25, 0.3) is 0 Å². The van der Waals surface area contributed by atoms with Crippen molar-refractivity contribution in [1.82, 2.24) is 4.98 Å². The van der Waals surface area contributed by atoms with E-state index in [9.17, 15) is 18.3 Å². The molecule has 0 aromatic carbocycles. The van der Waals surface area contributed by atoms with Crippen LogP contribution in [0, 0.1) is 5.92 Å². The molecule has 1 aromatic heterocycles. The standard InChI is InChI=1S/C13H17F3N2O/c14-13(15,16)10-5-6-12(17-7-10)18-8-11(19)9-3-1-2-4-9/h5-7,9,11,19H,1-4,8H2,(H,17,18). The van der Waals surface area contributed by atoms with Crippen molar-refractivity contribution in [3.05, 3.63) is 23.9 Å². The number of hydrogen-bond donors (Lipinski definition) is 2. The summed E-state index contributed by atoms with van der Waals surface area (Å²) in [5.74, 6) is 0.645. The minimum absolute atomic E-state index is 0.293. The highest BCUT2D eigenvalue weighted by atomic mass is 19.4. The molecule has 1 aliphatic carbocycles. The summed E-state index contributed by atoms with van der Waals surface area (Å²) in [5.41, 5.74) is -0.769. The third kappa shape index (κ3) is 3.83. The summed E-state index contributed by atoms with van der Waals surface area (Å²) in [4.78, 5) is 3.70. The number of aromatic nitrogens is 1. The molecule has 2 N–H and O–H groups in total. The van der Waals surface area contributed by atoms with Crippen molar-refractivity contribution in [1.29, 1.82) is 0 Å². The number of rotatable bonds is 4. The van der Waals surface area contributed by atoms with Gasteiger partial charge in [-0.1, -0.05) is 12.8 Å². The normalized spacial score (nSPS) is 18.5. The predicted molar refractivity (Wildman–Crippen MR) is 65.7 cm³/mol. The average Bonchev–Trinajstić information content (AvgIpc) is 2.89. The van der Waals surface area contributed by atoms with Crippen LogP contribution in [0.1, 0.15) is 31.2 Å². The minimum atomic E-state index is -4.37. The molecule has 0 aliphatic heterocycles. The second kappa shape index (κ2) is 5.77. The minimum Gasteiger partial charge on any atom is -0.391 e. The lowest BCUT2D eigenvalue weighted by molar-refractivity contribution is -0.137. The van der Waals surface area contributed by atoms with Crippen molar-refractivity contribution >= 4 is 5.82 Å². The zero-order valence-corrected chi connectivity index (χ0v) is 10.5. The topological polar surface area (TPSA) is 45.1 Å². The molecule has 0 radical (unpaired) electrons. The number of anilines is 1. The Balaban J connectivity index is 1.86. The first kappa shape index (κ1) is 14.1. The number of pyridine rings is 1. The number of nitrogens with zero attached hydrogens (tertiary/aromatic N) is 1. The van der Waals surface area contributed by atoms with Gasteiger partial charge in [-0.2, -0.15) is 13.2 Å². The molecule has 6 heteroatoms. The largest absolute Gasteiger partial charge is 0.417 e. The fraction of sp³-hybridized carbons (Fsp3) is 0.615. The SMILES string of the molecule is OC(CNc1ccc(C(F)(F)F)cn1)C1CCCC1. The molecular weight excluding hydrogens is 257 g/mol. The van der Waals surface area contributed by atoms with Gasteiger partial charge in [-0.15, -0.1) is 0 Å². The third-order valence-electron chi connectivity index (χ3n) is 3.53. The van der Waals surface area contributed by atoms with Gasteiger partial charge in [-0.05, 0) is 30.9 Å². The van der Waals surface area contributed by atoms with Gasteiger partial charge in [0.25, 0.3) is 0 Å². The van der Waals surface area contributed by atoms with E-state index in [1.165, 1.54) is 6.07 Å². The molecule has 0 saturated heterocycles. The Bertz CT molecular complexity index is 399. The Morgan fingerprint density at radius 3 is 2.53 bits per heavy atom. The molecule has 2 rings (SSSR count). The summed E-state index contributed by atoms with van der Waals surface area (Å²) in [6, 6.07) is 2.27. The van der Waals surface area contributed by atoms with Crippen molar-refractivity contribution in [3.8, 4) is 0 Å². The van der Waals surface area contributed by atoms with Gasteiger partial charge in [0.15, 0.2) is 0 Å². The van der Waals surface area contributed by atoms with Crippen LogP contribution < -0.4 is 5.32 Å². The van der Waals surface area contributed by atoms with Gasteiger partial charge < -0.3 is 10.4 Å². The van der Waals surface area contributed by atoms with Gasteiger partial charge >= 0.3 is 6.18 Å². The number of hydrogen-bond acceptors (Lipinski definition) is 3. The van der Waals surface area contributed by atoms with E-state index in [4.69, 9.17) is 0 Å². The van der Waals surface area contributed by atoms with Crippen LogP contribution in [-0.4, -0.2) is 22.7 Å². The lowest BCUT2D eigenvalue weighted by Gasteiger charge is -2.18. The van der Waals surface area contributed by atoms with Crippen molar-refractivity contribution in [3.63, 3.8) is 0 Å². The van der Waals surface area contributed by atoms with Crippen LogP contribution in [0.5, 0.6) is 0 Å². The number of halogens is 3. The molecule has 1 aliphatic rings. The average molecular weight is 274 g/mol. The lowest BCUT2D eigenvalue weighted by atomic mass is 10.0. The quantitative estimate of drug-likeness (QED) is 0.887. The highest BCUT2D eigenvalue weighted by molar-refractivity contribution is 5.36. The first-order valence-corrected chi connectivity index (χ1v) is 6.42. The third-order valence-corrected chi connectivity index (χ3v) is 3.53. The van der Waals surface area contributed by atoms with Gasteiger partial charge in [0, 0.05) is 12.7 Å². The smallest absolute Gasteiger partial charge is 0.391 e. The lowest BCUT2D eigenvalue weighted by Crippen LogP contribution is -2.27. The molecule has 0 amide bonds. The number of aliphatic hydroxyl groups excluding tert-OH is 1. The highest BCUT2D eigenvalue weighted by Gasteiger charge is 2.30. The maximum absolute atomic E-state index is 12.3. The summed E-state index contributed by atoms with van der Waals surface area (Å²) >= 11 is 0. The van der Waals surface area contributed by atoms with Gasteiger partial charge in [0.1, 0.15) is 5.82 Å². The van der Waals surface area contributed by atoms with Crippen LogP contribution in [0.4, 0.5) is 19.0 Å². The van der Waals surface area contributed by atoms with Crippen LogP contribution in [0.3, 0.4) is 0 Å². The molecule has 3 nitrogen and oxygen atoms in total. The molecule has 19 heavy (non-hydrogen) atoms. The van der Waals surface area contributed by atoms with E-state index in [-0.39, 0.29) is 0 Å². The summed E-state index contributed by atoms with van der Waals surface area (Å²) in [6.45, 7) is 0.322. The summed E-state index contributed by atoms with van der Waals surface area (Å²) in [7, 11) is 0. The second-order valence-electron chi connectivity index (χ2n) is 4.92. The molecule has 0 bridgehead atoms. The van der Waals surface area contributed by atoms with Crippen molar-refractivity contribution in [2.45, 2.75) is 38.0 Å². The Labute approximate surface area is 109 Å². The van der Waals surface area contributed by atoms with Crippen LogP contribution in [0.15, 0.2) is 18.3 Å². The molecule has 1 atom stereocenters. The number of alkyl halides is 3. The first-order chi connectivity index (χ1) is 8.97. The molecule has 1 unspecified atom stereocenters. The van der Waals surface area contributed by atoms with E-state index in [1.807, 2.05) is 0 Å². The monoisotopic (exact) mass is 274 g/mol. The summed E-state index contributed by atoms with van der Waals surface area (Å²) in [5, 5.41) is 12.8. The maximum Gasteiger partial charge on any atom is 0.417 e. The van der Waals surface area contributed by atoms with Crippen LogP contribution in [0.2, 0.25) is 0 Å². The highest BCUT2D eigenvalue weighted by Crippen LogP contribution is 2.29. The second-order valence-corrected chi connectivity index (χ2v) is 4.92. The van der Waals surface area contributed by atoms with E-state index < -0.39 is 17.8 Å². The fourth-order valence-corrected chi connectivity index (χ4v) is 2.38. The Morgan fingerprint density at radius 2 is 2.00 bits per heavy atom. The fourth-order valence-electron chi connectivity index (χ4n) is 2.38. The summed E-state index contributed by atoms with van der Waals surface area (Å²) in [6.07, 6.45) is 0.276. The van der Waals surface area contributed by atoms with Crippen LogP contribution >= 0.6 is 0 Å². The molecule has 1 saturated carbocycles. The van der Waals surface area contributed by atoms with Crippen molar-refractivity contribution in [2.24, 2.45) is 5.92 Å². The van der Waals surface area contributed by atoms with E-state index in [0.717, 1.165) is 37.9 Å². The molecule has 1 aromatic rings. The number of nitrogens with one attached hydrogen (secondary N) is 1. The maximum atomic E-state index is 12.3. The van der Waals surface area contributed by atoms with Gasteiger partial charge in [0.05, 0.1) is 11.7 Å². The zero-order valence-electron chi connectivity index (χ0n) is 10.5. The molecule has 106 valence electrons. The Kier molecular flexibility index (Phi) is 4.29. The summed E-state index contributed by atoms with van der Waals surface area (Å²) < 4.78 is 37.0. The predicted octanol–water partition coefficient (Wildman–Crippen LogP) is 3.06. The zero-order chi connectivity index (χ0) is 13.9. The molecule has 1 heterocycles. The van der Waals surface area contributed by atoms with Gasteiger partial charge in [0.2, 0.25) is 0 Å². The first-order valence-electron chi connectivity index (χ1n) is 6.42. The Hall–Kier alpha value is -1.30. The van der Waals surface area contributed by atoms with Crippen molar-refractivity contribution < 1.29 is 18.3 Å². The Morgan fingerprint density at radius 1 is 1.32 bits per heavy atom. The van der Waals surface area contributed by atoms with E-state index in [2.05, 4.69) is 10.3 Å². The number of aliphatic hydroxyl groups is 1. The van der Waals surface area contributed by atoms with E-state index in [0.29, 0.717) is 18.3 Å². The molecular formula is C13H17F3N2O. The van der Waals surface area contributed by atoms with Crippen molar-refractivity contribution in [2.75, 3.05) is 11.9 Å². The van der Waals surface area contributed by atoms with Gasteiger partial charge in [-0.25, -0.2) is 4.98 Å². The van der Waals surface area contributed by atoms with Crippen LogP contribution in [-0.2, 0) is 6.18 Å². The van der Waals surface area contributed by atoms with E-state index in [1.54, 1.807) is 0 Å². The van der Waals surface area contributed by atoms with E-state index >= 15 is 0 Å². The van der Waals surface area contributed by atoms with Gasteiger partial charge in [-0.3, -0.25) is 0 Å². The molecule has 0 spiro atoms. The molecule has 1 fully saturated rings.